The topological polar surface area (TPSA) is 95.1 Å². The van der Waals surface area contributed by atoms with Gasteiger partial charge in [0.25, 0.3) is 5.56 Å². The summed E-state index contributed by atoms with van der Waals surface area (Å²) in [5.41, 5.74) is 6.31. The van der Waals surface area contributed by atoms with E-state index in [-0.39, 0.29) is 27.4 Å². The Labute approximate surface area is 151 Å². The average molecular weight is 380 g/mol. The number of nitrogens with zero attached hydrogens (tertiary/aromatic N) is 2. The van der Waals surface area contributed by atoms with Gasteiger partial charge in [0.1, 0.15) is 5.82 Å². The summed E-state index contributed by atoms with van der Waals surface area (Å²) in [6.45, 7) is 6.23. The van der Waals surface area contributed by atoms with Crippen LogP contribution in [0, 0.1) is 0 Å². The fraction of sp³-hybridized carbons (Fsp3) is 0.412. The van der Waals surface area contributed by atoms with Crippen LogP contribution in [0.25, 0.3) is 0 Å². The summed E-state index contributed by atoms with van der Waals surface area (Å²) in [5.74, 6) is 0.517. The normalized spacial score (nSPS) is 17.5. The molecule has 6 nitrogen and oxygen atoms in total. The van der Waals surface area contributed by atoms with E-state index in [4.69, 9.17) is 5.73 Å². The number of rotatable bonds is 3. The van der Waals surface area contributed by atoms with Crippen molar-refractivity contribution in [1.82, 2.24) is 9.55 Å². The molecule has 1 aromatic carbocycles. The predicted molar refractivity (Wildman–Crippen MR) is 99.9 cm³/mol. The minimum absolute atomic E-state index is 0.0394. The molecule has 1 aliphatic heterocycles. The Balaban J connectivity index is 1.88. The summed E-state index contributed by atoms with van der Waals surface area (Å²) >= 11 is 1.35. The minimum atomic E-state index is -3.51. The third-order valence-electron chi connectivity index (χ3n) is 4.20. The van der Waals surface area contributed by atoms with E-state index < -0.39 is 15.9 Å². The Morgan fingerprint density at radius 1 is 1.28 bits per heavy atom. The number of anilines is 1. The fourth-order valence-electron chi connectivity index (χ4n) is 2.80. The van der Waals surface area contributed by atoms with E-state index in [0.29, 0.717) is 10.9 Å². The van der Waals surface area contributed by atoms with Crippen molar-refractivity contribution in [3.63, 3.8) is 0 Å². The van der Waals surface area contributed by atoms with Gasteiger partial charge in [-0.25, -0.2) is 13.4 Å². The van der Waals surface area contributed by atoms with Gasteiger partial charge in [0.15, 0.2) is 15.0 Å². The summed E-state index contributed by atoms with van der Waals surface area (Å²) in [4.78, 5) is 16.5. The van der Waals surface area contributed by atoms with Crippen LogP contribution >= 0.6 is 11.8 Å². The second-order valence-electron chi connectivity index (χ2n) is 7.19. The van der Waals surface area contributed by atoms with Gasteiger partial charge >= 0.3 is 0 Å². The van der Waals surface area contributed by atoms with Crippen molar-refractivity contribution in [2.45, 2.75) is 42.3 Å². The molecule has 1 unspecified atom stereocenters. The van der Waals surface area contributed by atoms with Crippen LogP contribution in [0.2, 0.25) is 0 Å². The highest BCUT2D eigenvalue weighted by molar-refractivity contribution is 7.99. The highest BCUT2D eigenvalue weighted by Gasteiger charge is 2.30. The number of hydrogen-bond donors (Lipinski definition) is 1. The molecule has 0 fully saturated rings. The van der Waals surface area contributed by atoms with Gasteiger partial charge in [0.05, 0.1) is 16.7 Å². The standard InChI is InChI=1S/C17H21N3O3S2/c1-17(2,3)11-4-6-13(7-5-11)25(22,23)10-12-9-24-16-19-14(18)8-15(21)20(12)16/h4-8,12H,9-10,18H2,1-3H3. The third-order valence-corrected chi connectivity index (χ3v) is 7.11. The quantitative estimate of drug-likeness (QED) is 0.822. The lowest BCUT2D eigenvalue weighted by Crippen LogP contribution is -2.29. The van der Waals surface area contributed by atoms with Gasteiger partial charge in [0.2, 0.25) is 0 Å². The van der Waals surface area contributed by atoms with E-state index in [1.807, 2.05) is 12.1 Å². The zero-order chi connectivity index (χ0) is 18.4. The molecule has 0 saturated heterocycles. The van der Waals surface area contributed by atoms with Gasteiger partial charge in [-0.2, -0.15) is 0 Å². The van der Waals surface area contributed by atoms with Crippen LogP contribution < -0.4 is 11.3 Å². The molecule has 0 saturated carbocycles. The average Bonchev–Trinajstić information content (AvgIpc) is 2.88. The Morgan fingerprint density at radius 2 is 1.92 bits per heavy atom. The molecular weight excluding hydrogens is 358 g/mol. The van der Waals surface area contributed by atoms with Crippen LogP contribution in [0.1, 0.15) is 32.4 Å². The fourth-order valence-corrected chi connectivity index (χ4v) is 5.63. The molecule has 1 aliphatic rings. The summed E-state index contributed by atoms with van der Waals surface area (Å²) in [6.07, 6.45) is 0. The van der Waals surface area contributed by atoms with Crippen LogP contribution in [-0.2, 0) is 15.3 Å². The molecule has 8 heteroatoms. The Kier molecular flexibility index (Phi) is 4.45. The molecule has 1 atom stereocenters. The first-order valence-electron chi connectivity index (χ1n) is 7.93. The number of nitrogen functional groups attached to an aromatic ring is 1. The highest BCUT2D eigenvalue weighted by atomic mass is 32.2. The summed E-state index contributed by atoms with van der Waals surface area (Å²) in [5, 5.41) is 0.480. The van der Waals surface area contributed by atoms with Crippen molar-refractivity contribution in [1.29, 1.82) is 0 Å². The molecule has 2 aromatic rings. The maximum atomic E-state index is 12.8. The van der Waals surface area contributed by atoms with Crippen molar-refractivity contribution in [2.75, 3.05) is 17.2 Å². The smallest absolute Gasteiger partial charge is 0.256 e. The van der Waals surface area contributed by atoms with Crippen LogP contribution in [0.3, 0.4) is 0 Å². The molecule has 25 heavy (non-hydrogen) atoms. The lowest BCUT2D eigenvalue weighted by molar-refractivity contribution is 0.528. The number of sulfone groups is 1. The first kappa shape index (κ1) is 18.0. The molecule has 2 heterocycles. The van der Waals surface area contributed by atoms with Crippen molar-refractivity contribution in [3.8, 4) is 0 Å². The van der Waals surface area contributed by atoms with Gasteiger partial charge in [-0.05, 0) is 23.1 Å². The highest BCUT2D eigenvalue weighted by Crippen LogP contribution is 2.32. The number of thioether (sulfide) groups is 1. The van der Waals surface area contributed by atoms with Gasteiger partial charge < -0.3 is 5.73 Å². The van der Waals surface area contributed by atoms with Crippen LogP contribution in [-0.4, -0.2) is 29.5 Å². The van der Waals surface area contributed by atoms with Crippen molar-refractivity contribution >= 4 is 27.4 Å². The first-order chi connectivity index (χ1) is 11.6. The first-order valence-corrected chi connectivity index (χ1v) is 10.6. The van der Waals surface area contributed by atoms with Gasteiger partial charge in [-0.15, -0.1) is 0 Å². The Hall–Kier alpha value is -1.80. The monoisotopic (exact) mass is 379 g/mol. The lowest BCUT2D eigenvalue weighted by atomic mass is 9.87. The second kappa shape index (κ2) is 6.17. The van der Waals surface area contributed by atoms with E-state index >= 15 is 0 Å². The third kappa shape index (κ3) is 3.59. The van der Waals surface area contributed by atoms with Crippen molar-refractivity contribution in [3.05, 3.63) is 46.2 Å². The van der Waals surface area contributed by atoms with E-state index in [9.17, 15) is 13.2 Å². The number of benzene rings is 1. The maximum absolute atomic E-state index is 12.8. The molecule has 0 aliphatic carbocycles. The SMILES string of the molecule is CC(C)(C)c1ccc(S(=O)(=O)CC2CSc3nc(N)cc(=O)n32)cc1. The van der Waals surface area contributed by atoms with Gasteiger partial charge in [-0.1, -0.05) is 44.7 Å². The summed E-state index contributed by atoms with van der Waals surface area (Å²) in [6, 6.07) is 7.77. The lowest BCUT2D eigenvalue weighted by Gasteiger charge is -2.19. The van der Waals surface area contributed by atoms with Gasteiger partial charge in [0, 0.05) is 11.8 Å². The van der Waals surface area contributed by atoms with Crippen molar-refractivity contribution in [2.24, 2.45) is 0 Å². The molecule has 2 N–H and O–H groups in total. The van der Waals surface area contributed by atoms with E-state index in [2.05, 4.69) is 25.8 Å². The molecule has 134 valence electrons. The Bertz CT molecular complexity index is 958. The second-order valence-corrected chi connectivity index (χ2v) is 10.2. The summed E-state index contributed by atoms with van der Waals surface area (Å²) < 4.78 is 27.0. The molecule has 0 bridgehead atoms. The number of fused-ring (bicyclic) bond motifs is 1. The van der Waals surface area contributed by atoms with Gasteiger partial charge in [-0.3, -0.25) is 9.36 Å². The van der Waals surface area contributed by atoms with E-state index in [1.165, 1.54) is 22.4 Å². The number of hydrogen-bond acceptors (Lipinski definition) is 6. The molecular formula is C17H21N3O3S2. The zero-order valence-electron chi connectivity index (χ0n) is 14.4. The largest absolute Gasteiger partial charge is 0.383 e. The zero-order valence-corrected chi connectivity index (χ0v) is 16.0. The minimum Gasteiger partial charge on any atom is -0.383 e. The molecule has 0 radical (unpaired) electrons. The van der Waals surface area contributed by atoms with Crippen molar-refractivity contribution < 1.29 is 8.42 Å². The van der Waals surface area contributed by atoms with E-state index in [1.54, 1.807) is 12.1 Å². The van der Waals surface area contributed by atoms with Crippen LogP contribution in [0.15, 0.2) is 45.2 Å². The molecule has 0 amide bonds. The molecule has 1 aromatic heterocycles. The van der Waals surface area contributed by atoms with Crippen LogP contribution in [0.5, 0.6) is 0 Å². The maximum Gasteiger partial charge on any atom is 0.256 e. The molecule has 3 rings (SSSR count). The molecule has 0 spiro atoms. The summed E-state index contributed by atoms with van der Waals surface area (Å²) in [7, 11) is -3.51. The number of nitrogens with two attached hydrogens (primary N) is 1. The number of aromatic nitrogens is 2. The van der Waals surface area contributed by atoms with E-state index in [0.717, 1.165) is 5.56 Å². The van der Waals surface area contributed by atoms with Crippen LogP contribution in [0.4, 0.5) is 5.82 Å². The predicted octanol–water partition coefficient (Wildman–Crippen LogP) is 2.24. The Morgan fingerprint density at radius 3 is 2.52 bits per heavy atom.